The molecule has 0 fully saturated rings. The minimum atomic E-state index is -0.413. The van der Waals surface area contributed by atoms with E-state index >= 15 is 0 Å². The fourth-order valence-corrected chi connectivity index (χ4v) is 2.54. The smallest absolute Gasteiger partial charge is 0.332 e. The van der Waals surface area contributed by atoms with Gasteiger partial charge in [-0.25, -0.2) is 9.78 Å². The number of nitrogens with zero attached hydrogens (tertiary/aromatic N) is 6. The third kappa shape index (κ3) is 2.28. The van der Waals surface area contributed by atoms with Crippen molar-refractivity contribution in [3.8, 4) is 0 Å². The molecule has 0 saturated heterocycles. The molecule has 0 spiro atoms. The van der Waals surface area contributed by atoms with E-state index in [2.05, 4.69) is 15.1 Å². The summed E-state index contributed by atoms with van der Waals surface area (Å²) in [5, 5.41) is 3.93. The molecule has 0 amide bonds. The van der Waals surface area contributed by atoms with Gasteiger partial charge in [-0.1, -0.05) is 12.1 Å². The minimum Gasteiger partial charge on any atom is -0.337 e. The predicted molar refractivity (Wildman–Crippen MR) is 82.3 cm³/mol. The molecule has 3 aromatic heterocycles. The lowest BCUT2D eigenvalue weighted by atomic mass is 10.3. The van der Waals surface area contributed by atoms with Crippen molar-refractivity contribution in [1.29, 1.82) is 0 Å². The number of aryl methyl sites for hydroxylation is 2. The molecule has 1 atom stereocenters. The van der Waals surface area contributed by atoms with Crippen LogP contribution in [0.15, 0.2) is 20.4 Å². The van der Waals surface area contributed by atoms with Gasteiger partial charge < -0.3 is 9.09 Å². The molecule has 0 unspecified atom stereocenters. The fourth-order valence-electron chi connectivity index (χ4n) is 2.54. The number of hydrogen-bond acceptors (Lipinski definition) is 6. The molecule has 0 saturated carbocycles. The van der Waals surface area contributed by atoms with E-state index in [1.807, 2.05) is 13.8 Å². The van der Waals surface area contributed by atoms with Crippen LogP contribution in [0.1, 0.15) is 38.0 Å². The van der Waals surface area contributed by atoms with E-state index in [9.17, 15) is 9.59 Å². The molecule has 9 heteroatoms. The monoisotopic (exact) mass is 318 g/mol. The Morgan fingerprint density at radius 1 is 1.26 bits per heavy atom. The van der Waals surface area contributed by atoms with Gasteiger partial charge in [0.05, 0.1) is 6.33 Å². The number of hydrogen-bond donors (Lipinski definition) is 0. The quantitative estimate of drug-likeness (QED) is 0.689. The van der Waals surface area contributed by atoms with E-state index in [1.54, 1.807) is 11.6 Å². The van der Waals surface area contributed by atoms with Crippen molar-refractivity contribution in [2.75, 3.05) is 0 Å². The third-order valence-corrected chi connectivity index (χ3v) is 3.91. The molecular weight excluding hydrogens is 300 g/mol. The largest absolute Gasteiger partial charge is 0.337 e. The topological polar surface area (TPSA) is 101 Å². The zero-order valence-electron chi connectivity index (χ0n) is 13.5. The van der Waals surface area contributed by atoms with Crippen molar-refractivity contribution >= 4 is 11.2 Å². The van der Waals surface area contributed by atoms with Gasteiger partial charge in [0.15, 0.2) is 17.0 Å². The maximum absolute atomic E-state index is 12.4. The van der Waals surface area contributed by atoms with Gasteiger partial charge in [-0.2, -0.15) is 4.98 Å². The van der Waals surface area contributed by atoms with Crippen LogP contribution < -0.4 is 11.2 Å². The Kier molecular flexibility index (Phi) is 3.63. The van der Waals surface area contributed by atoms with E-state index in [4.69, 9.17) is 4.52 Å². The summed E-state index contributed by atoms with van der Waals surface area (Å²) in [4.78, 5) is 33.0. The molecule has 0 aromatic carbocycles. The van der Waals surface area contributed by atoms with Crippen LogP contribution in [0.25, 0.3) is 11.2 Å². The van der Waals surface area contributed by atoms with Crippen LogP contribution in [0.3, 0.4) is 0 Å². The summed E-state index contributed by atoms with van der Waals surface area (Å²) in [6.45, 7) is 3.88. The summed E-state index contributed by atoms with van der Waals surface area (Å²) in [6.07, 6.45) is 3.17. The Hall–Kier alpha value is -2.71. The van der Waals surface area contributed by atoms with Crippen LogP contribution >= 0.6 is 0 Å². The van der Waals surface area contributed by atoms with E-state index in [0.29, 0.717) is 22.9 Å². The fraction of sp³-hybridized carbons (Fsp3) is 0.500. The van der Waals surface area contributed by atoms with E-state index < -0.39 is 11.2 Å². The van der Waals surface area contributed by atoms with Gasteiger partial charge >= 0.3 is 5.69 Å². The standard InChI is InChI=1S/C14H18N6O3/c1-5-6-9-16-12(23-17-9)8(2)20-7-15-11-10(20)13(21)19(4)14(22)18(11)3/h7-8H,5-6H2,1-4H3/t8-/m0/s1. The molecule has 0 aliphatic heterocycles. The van der Waals surface area contributed by atoms with Crippen LogP contribution in [0.4, 0.5) is 0 Å². The average Bonchev–Trinajstić information content (AvgIpc) is 3.17. The van der Waals surface area contributed by atoms with Crippen molar-refractivity contribution in [3.05, 3.63) is 38.9 Å². The summed E-state index contributed by atoms with van der Waals surface area (Å²) in [6, 6.07) is -0.358. The normalized spacial score (nSPS) is 12.9. The molecule has 0 N–H and O–H groups in total. The maximum atomic E-state index is 12.4. The molecule has 3 heterocycles. The molecule has 3 rings (SSSR count). The molecule has 9 nitrogen and oxygen atoms in total. The van der Waals surface area contributed by atoms with E-state index in [1.165, 1.54) is 17.9 Å². The van der Waals surface area contributed by atoms with Gasteiger partial charge in [-0.3, -0.25) is 13.9 Å². The zero-order valence-corrected chi connectivity index (χ0v) is 13.5. The number of fused-ring (bicyclic) bond motifs is 1. The summed E-state index contributed by atoms with van der Waals surface area (Å²) in [7, 11) is 3.02. The van der Waals surface area contributed by atoms with Crippen LogP contribution in [0.2, 0.25) is 0 Å². The van der Waals surface area contributed by atoms with Crippen molar-refractivity contribution in [2.24, 2.45) is 14.1 Å². The highest BCUT2D eigenvalue weighted by Gasteiger charge is 2.22. The lowest BCUT2D eigenvalue weighted by Crippen LogP contribution is -2.37. The maximum Gasteiger partial charge on any atom is 0.332 e. The second-order valence-corrected chi connectivity index (χ2v) is 5.50. The zero-order chi connectivity index (χ0) is 16.7. The second-order valence-electron chi connectivity index (χ2n) is 5.50. The molecular formula is C14H18N6O3. The molecule has 0 radical (unpaired) electrons. The Morgan fingerprint density at radius 3 is 2.70 bits per heavy atom. The summed E-state index contributed by atoms with van der Waals surface area (Å²) in [5.74, 6) is 1.04. The van der Waals surface area contributed by atoms with E-state index in [-0.39, 0.29) is 6.04 Å². The molecule has 23 heavy (non-hydrogen) atoms. The van der Waals surface area contributed by atoms with Gasteiger partial charge in [0, 0.05) is 20.5 Å². The summed E-state index contributed by atoms with van der Waals surface area (Å²) >= 11 is 0. The molecule has 3 aromatic rings. The van der Waals surface area contributed by atoms with Crippen molar-refractivity contribution in [2.45, 2.75) is 32.7 Å². The van der Waals surface area contributed by atoms with Crippen LogP contribution in [-0.2, 0) is 20.5 Å². The first-order chi connectivity index (χ1) is 11.0. The molecule has 0 aliphatic rings. The lowest BCUT2D eigenvalue weighted by molar-refractivity contribution is 0.343. The second kappa shape index (κ2) is 5.49. The first-order valence-corrected chi connectivity index (χ1v) is 7.40. The SMILES string of the molecule is CCCc1noc([C@H](C)n2cnc3c2c(=O)n(C)c(=O)n3C)n1. The molecule has 122 valence electrons. The first-order valence-electron chi connectivity index (χ1n) is 7.40. The van der Waals surface area contributed by atoms with Crippen LogP contribution in [0, 0.1) is 0 Å². The van der Waals surface area contributed by atoms with E-state index in [0.717, 1.165) is 17.4 Å². The third-order valence-electron chi connectivity index (χ3n) is 3.91. The Bertz CT molecular complexity index is 977. The Balaban J connectivity index is 2.16. The van der Waals surface area contributed by atoms with Gasteiger partial charge in [0.1, 0.15) is 6.04 Å². The van der Waals surface area contributed by atoms with Gasteiger partial charge in [-0.05, 0) is 13.3 Å². The van der Waals surface area contributed by atoms with Crippen molar-refractivity contribution in [3.63, 3.8) is 0 Å². The average molecular weight is 318 g/mol. The van der Waals surface area contributed by atoms with Gasteiger partial charge in [0.25, 0.3) is 5.56 Å². The van der Waals surface area contributed by atoms with Crippen LogP contribution in [0.5, 0.6) is 0 Å². The van der Waals surface area contributed by atoms with Crippen LogP contribution in [-0.4, -0.2) is 28.8 Å². The number of aromatic nitrogens is 6. The number of rotatable bonds is 4. The van der Waals surface area contributed by atoms with Gasteiger partial charge in [0.2, 0.25) is 5.89 Å². The summed E-state index contributed by atoms with van der Waals surface area (Å²) in [5.41, 5.74) is -0.153. The Morgan fingerprint density at radius 2 is 2.00 bits per heavy atom. The first kappa shape index (κ1) is 15.2. The van der Waals surface area contributed by atoms with Crippen molar-refractivity contribution in [1.82, 2.24) is 28.8 Å². The summed E-state index contributed by atoms with van der Waals surface area (Å²) < 4.78 is 9.34. The highest BCUT2D eigenvalue weighted by Crippen LogP contribution is 2.19. The number of imidazole rings is 1. The molecule has 0 bridgehead atoms. The minimum absolute atomic E-state index is 0.331. The highest BCUT2D eigenvalue weighted by molar-refractivity contribution is 5.70. The Labute approximate surface area is 131 Å². The van der Waals surface area contributed by atoms with Gasteiger partial charge in [-0.15, -0.1) is 0 Å². The van der Waals surface area contributed by atoms with Crippen molar-refractivity contribution < 1.29 is 4.52 Å². The lowest BCUT2D eigenvalue weighted by Gasteiger charge is -2.10. The highest BCUT2D eigenvalue weighted by atomic mass is 16.5. The molecule has 0 aliphatic carbocycles. The predicted octanol–water partition coefficient (Wildman–Crippen LogP) is 0.378.